The number of fused-ring (bicyclic) bond motifs is 1. The minimum Gasteiger partial charge on any atom is -0.390 e. The van der Waals surface area contributed by atoms with Crippen molar-refractivity contribution >= 4 is 40.9 Å². The van der Waals surface area contributed by atoms with Crippen LogP contribution < -0.4 is 11.1 Å². The second-order valence-electron chi connectivity index (χ2n) is 8.17. The van der Waals surface area contributed by atoms with Crippen LogP contribution in [0.1, 0.15) is 23.8 Å². The Morgan fingerprint density at radius 3 is 2.65 bits per heavy atom. The number of phosphoric ester groups is 1. The van der Waals surface area contributed by atoms with E-state index in [0.29, 0.717) is 23.5 Å². The van der Waals surface area contributed by atoms with Gasteiger partial charge in [-0.2, -0.15) is 4.31 Å². The van der Waals surface area contributed by atoms with E-state index < -0.39 is 48.9 Å². The molecule has 2 aromatic heterocycles. The molecule has 1 aromatic carbocycles. The average Bonchev–Trinajstić information content (AvgIpc) is 3.47. The number of rotatable bonds is 11. The molecule has 214 valence electrons. The van der Waals surface area contributed by atoms with Crippen molar-refractivity contribution in [3.63, 3.8) is 0 Å². The molecule has 7 N–H and O–H groups in total. The number of phosphoric acid groups is 2. The Labute approximate surface area is 227 Å². The van der Waals surface area contributed by atoms with Crippen LogP contribution in [0.5, 0.6) is 0 Å². The number of hydrogen-bond acceptors (Lipinski definition) is 13. The lowest BCUT2D eigenvalue weighted by atomic mass is 10.1. The second-order valence-corrected chi connectivity index (χ2v) is 12.1. The van der Waals surface area contributed by atoms with Gasteiger partial charge in [-0.1, -0.05) is 24.0 Å². The van der Waals surface area contributed by atoms with Crippen LogP contribution >= 0.6 is 23.9 Å². The van der Waals surface area contributed by atoms with E-state index in [1.807, 2.05) is 24.3 Å². The fourth-order valence-corrected chi connectivity index (χ4v) is 6.36. The summed E-state index contributed by atoms with van der Waals surface area (Å²) in [6.45, 7) is -0.0200. The minimum absolute atomic E-state index is 0.0226. The highest BCUT2D eigenvalue weighted by Crippen LogP contribution is 2.63. The fourth-order valence-electron chi connectivity index (χ4n) is 3.70. The Morgan fingerprint density at radius 2 is 1.95 bits per heavy atom. The molecule has 0 spiro atoms. The molecule has 20 heteroatoms. The van der Waals surface area contributed by atoms with Crippen LogP contribution in [0.2, 0.25) is 0 Å². The number of nitrogens with two attached hydrogens (primary N) is 1. The molecule has 1 aliphatic heterocycles. The van der Waals surface area contributed by atoms with Gasteiger partial charge in [-0.3, -0.25) is 14.0 Å². The third-order valence-electron chi connectivity index (χ3n) is 5.40. The summed E-state index contributed by atoms with van der Waals surface area (Å²) in [7, 11) is -14.2. The molecule has 0 amide bonds. The average molecular weight is 617 g/mol. The van der Waals surface area contributed by atoms with Crippen LogP contribution in [0, 0.1) is 11.8 Å². The predicted octanol–water partition coefficient (Wildman–Crippen LogP) is 1.30. The Morgan fingerprint density at radius 1 is 1.20 bits per heavy atom. The highest BCUT2D eigenvalue weighted by atomic mass is 31.3. The topological polar surface area (TPSA) is 251 Å². The first-order chi connectivity index (χ1) is 19.0. The molecule has 3 aromatic rings. The zero-order valence-electron chi connectivity index (χ0n) is 20.4. The summed E-state index contributed by atoms with van der Waals surface area (Å²) in [5.41, 5.74) is 8.02. The highest BCUT2D eigenvalue weighted by molar-refractivity contribution is 7.64. The van der Waals surface area contributed by atoms with Crippen LogP contribution in [0.15, 0.2) is 36.9 Å². The monoisotopic (exact) mass is 617 g/mol. The number of aliphatic hydroxyl groups is 1. The summed E-state index contributed by atoms with van der Waals surface area (Å²) in [4.78, 5) is 40.3. The molecule has 40 heavy (non-hydrogen) atoms. The molecule has 1 saturated heterocycles. The van der Waals surface area contributed by atoms with E-state index in [1.54, 1.807) is 4.57 Å². The van der Waals surface area contributed by atoms with E-state index >= 15 is 0 Å². The van der Waals surface area contributed by atoms with Crippen molar-refractivity contribution in [1.29, 1.82) is 0 Å². The van der Waals surface area contributed by atoms with Crippen molar-refractivity contribution in [2.45, 2.75) is 31.4 Å². The molecule has 6 atom stereocenters. The third-order valence-corrected chi connectivity index (χ3v) is 8.91. The Balaban J connectivity index is 1.39. The van der Waals surface area contributed by atoms with Crippen LogP contribution in [0.25, 0.3) is 11.2 Å². The van der Waals surface area contributed by atoms with E-state index in [4.69, 9.17) is 15.4 Å². The predicted molar refractivity (Wildman–Crippen MR) is 137 cm³/mol. The zero-order chi connectivity index (χ0) is 28.9. The third kappa shape index (κ3) is 7.96. The van der Waals surface area contributed by atoms with Gasteiger partial charge in [0.05, 0.1) is 25.6 Å². The van der Waals surface area contributed by atoms with Crippen LogP contribution in [-0.4, -0.2) is 64.7 Å². The summed E-state index contributed by atoms with van der Waals surface area (Å²) in [5.74, 6) is 6.20. The first-order valence-electron chi connectivity index (χ1n) is 11.4. The number of ether oxygens (including phenoxy) is 1. The molecule has 17 nitrogen and oxygen atoms in total. The van der Waals surface area contributed by atoms with Gasteiger partial charge >= 0.3 is 23.9 Å². The standard InChI is InChI=1S/C20H23N6O11P3/c21-7-1-2-13-3-5-14(6-4-13)9-22-19-18-20(24-11-23-19)26(12-25-18)17-8-15(27)16(35-17)10-34-39(30,31)37-40(32,33)36-38(28)29/h3-6,11-12,15-17,27H,7-10,21H2,(H3-,22,23,24,28,29,30,31,32,33)/p+1/t15-,16-,17-/m1/s1. The Hall–Kier alpha value is -2.67. The van der Waals surface area contributed by atoms with Gasteiger partial charge < -0.3 is 25.8 Å². The number of hydrogen-bond donors (Lipinski definition) is 6. The number of benzene rings is 1. The largest absolute Gasteiger partial charge is 0.705 e. The summed E-state index contributed by atoms with van der Waals surface area (Å²) >= 11 is 0. The SMILES string of the molecule is NCC#Cc1ccc(CNc2ncnc3c2ncn3[C@H]2C[C@@H](O)[C@@H](COP(=O)(O)OP(=O)(O)O[P+](=O)O)O2)cc1. The molecule has 3 heterocycles. The summed E-state index contributed by atoms with van der Waals surface area (Å²) < 4.78 is 53.4. The van der Waals surface area contributed by atoms with Gasteiger partial charge in [-0.05, 0) is 22.0 Å². The molecule has 0 aliphatic carbocycles. The van der Waals surface area contributed by atoms with Crippen LogP contribution in [0.4, 0.5) is 5.82 Å². The van der Waals surface area contributed by atoms with E-state index in [0.717, 1.165) is 11.1 Å². The smallest absolute Gasteiger partial charge is 0.390 e. The summed E-state index contributed by atoms with van der Waals surface area (Å²) in [6, 6.07) is 7.58. The van der Waals surface area contributed by atoms with Crippen molar-refractivity contribution < 1.29 is 51.4 Å². The second kappa shape index (κ2) is 12.9. The summed E-state index contributed by atoms with van der Waals surface area (Å²) in [5, 5.41) is 13.6. The van der Waals surface area contributed by atoms with Crippen molar-refractivity contribution in [3.8, 4) is 11.8 Å². The lowest BCUT2D eigenvalue weighted by Crippen LogP contribution is -2.26. The van der Waals surface area contributed by atoms with E-state index in [2.05, 4.69) is 45.3 Å². The molecular formula is C20H24N6O11P3+. The fraction of sp³-hybridized carbons (Fsp3) is 0.350. The van der Waals surface area contributed by atoms with Gasteiger partial charge in [0.15, 0.2) is 17.0 Å². The maximum atomic E-state index is 12.0. The van der Waals surface area contributed by atoms with Gasteiger partial charge in [0.2, 0.25) is 0 Å². The number of aliphatic hydroxyl groups excluding tert-OH is 1. The first kappa shape index (κ1) is 30.3. The summed E-state index contributed by atoms with van der Waals surface area (Å²) in [6.07, 6.45) is -0.348. The molecule has 0 bridgehead atoms. The number of aromatic nitrogens is 4. The minimum atomic E-state index is -5.38. The molecule has 3 unspecified atom stereocenters. The van der Waals surface area contributed by atoms with E-state index in [1.165, 1.54) is 12.7 Å². The maximum absolute atomic E-state index is 12.0. The molecule has 4 rings (SSSR count). The maximum Gasteiger partial charge on any atom is 0.705 e. The molecule has 0 saturated carbocycles. The van der Waals surface area contributed by atoms with E-state index in [-0.39, 0.29) is 13.0 Å². The Kier molecular flexibility index (Phi) is 9.76. The van der Waals surface area contributed by atoms with Gasteiger partial charge in [-0.25, -0.2) is 24.1 Å². The number of nitrogens with zero attached hydrogens (tertiary/aromatic N) is 4. The van der Waals surface area contributed by atoms with Gasteiger partial charge in [0, 0.05) is 23.1 Å². The quantitative estimate of drug-likeness (QED) is 0.131. The van der Waals surface area contributed by atoms with E-state index in [9.17, 15) is 28.6 Å². The molecule has 1 fully saturated rings. The van der Waals surface area contributed by atoms with Crippen LogP contribution in [-0.2, 0) is 38.1 Å². The van der Waals surface area contributed by atoms with Crippen molar-refractivity contribution in [2.75, 3.05) is 18.5 Å². The molecule has 1 aliphatic rings. The lowest BCUT2D eigenvalue weighted by molar-refractivity contribution is -0.0423. The van der Waals surface area contributed by atoms with Crippen LogP contribution in [0.3, 0.4) is 0 Å². The van der Waals surface area contributed by atoms with Crippen molar-refractivity contribution in [3.05, 3.63) is 48.0 Å². The Bertz CT molecular complexity index is 1530. The zero-order valence-corrected chi connectivity index (χ0v) is 23.1. The molecular weight excluding hydrogens is 593 g/mol. The highest BCUT2D eigenvalue weighted by Gasteiger charge is 2.44. The number of nitrogens with one attached hydrogen (secondary N) is 1. The number of imidazole rings is 1. The van der Waals surface area contributed by atoms with Crippen molar-refractivity contribution in [1.82, 2.24) is 19.5 Å². The lowest BCUT2D eigenvalue weighted by Gasteiger charge is -2.18. The number of anilines is 1. The van der Waals surface area contributed by atoms with Gasteiger partial charge in [0.25, 0.3) is 0 Å². The van der Waals surface area contributed by atoms with Gasteiger partial charge in [-0.15, -0.1) is 4.89 Å². The molecule has 0 radical (unpaired) electrons. The first-order valence-corrected chi connectivity index (χ1v) is 15.5. The normalized spacial score (nSPS) is 22.2. The van der Waals surface area contributed by atoms with Crippen molar-refractivity contribution in [2.24, 2.45) is 5.73 Å². The van der Waals surface area contributed by atoms with Gasteiger partial charge in [0.1, 0.15) is 18.7 Å².